The molecule has 2 aliphatic rings. The Labute approximate surface area is 73.9 Å². The number of hydrogen-bond acceptors (Lipinski definition) is 1. The van der Waals surface area contributed by atoms with Crippen molar-refractivity contribution in [3.63, 3.8) is 0 Å². The molecule has 1 aliphatic heterocycles. The molecule has 1 heterocycles. The van der Waals surface area contributed by atoms with Crippen molar-refractivity contribution >= 4 is 5.91 Å². The van der Waals surface area contributed by atoms with E-state index in [4.69, 9.17) is 0 Å². The van der Waals surface area contributed by atoms with Crippen LogP contribution < -0.4 is 0 Å². The minimum Gasteiger partial charge on any atom is -0.340 e. The fraction of sp³-hybridized carbons (Fsp3) is 0.900. The Hall–Kier alpha value is -0.530. The van der Waals surface area contributed by atoms with Crippen molar-refractivity contribution in [3.8, 4) is 0 Å². The van der Waals surface area contributed by atoms with E-state index in [2.05, 4.69) is 20.8 Å². The molecule has 0 spiro atoms. The van der Waals surface area contributed by atoms with E-state index in [9.17, 15) is 4.79 Å². The molecule has 1 amide bonds. The summed E-state index contributed by atoms with van der Waals surface area (Å²) in [5.74, 6) is 0.640. The van der Waals surface area contributed by atoms with E-state index < -0.39 is 0 Å². The molecule has 2 heteroatoms. The van der Waals surface area contributed by atoms with Crippen molar-refractivity contribution in [1.29, 1.82) is 0 Å². The molecule has 0 aromatic rings. The lowest BCUT2D eigenvalue weighted by Gasteiger charge is -2.39. The first-order valence-corrected chi connectivity index (χ1v) is 4.69. The predicted molar refractivity (Wildman–Crippen MR) is 47.7 cm³/mol. The topological polar surface area (TPSA) is 20.3 Å². The molecule has 2 fully saturated rings. The molecule has 68 valence electrons. The number of rotatable bonds is 0. The molecule has 1 aliphatic carbocycles. The van der Waals surface area contributed by atoms with Crippen LogP contribution in [0.5, 0.6) is 0 Å². The lowest BCUT2D eigenvalue weighted by molar-refractivity contribution is -0.134. The van der Waals surface area contributed by atoms with Gasteiger partial charge in [0.05, 0.1) is 0 Å². The van der Waals surface area contributed by atoms with Crippen LogP contribution in [-0.2, 0) is 4.79 Å². The van der Waals surface area contributed by atoms with Crippen LogP contribution in [0.3, 0.4) is 0 Å². The molecule has 0 radical (unpaired) electrons. The van der Waals surface area contributed by atoms with Gasteiger partial charge in [0.1, 0.15) is 0 Å². The second-order valence-corrected chi connectivity index (χ2v) is 4.98. The summed E-state index contributed by atoms with van der Waals surface area (Å²) in [6.45, 7) is 6.68. The molecule has 1 saturated carbocycles. The highest BCUT2D eigenvalue weighted by Crippen LogP contribution is 2.58. The maximum absolute atomic E-state index is 11.7. The molecule has 2 nitrogen and oxygen atoms in total. The van der Waals surface area contributed by atoms with E-state index in [-0.39, 0.29) is 16.9 Å². The first-order chi connectivity index (χ1) is 5.41. The normalized spacial score (nSPS) is 44.2. The fourth-order valence-corrected chi connectivity index (χ4v) is 2.99. The molecule has 1 saturated heterocycles. The van der Waals surface area contributed by atoms with Gasteiger partial charge in [0, 0.05) is 18.5 Å². The van der Waals surface area contributed by atoms with E-state index in [0.717, 1.165) is 6.42 Å². The van der Waals surface area contributed by atoms with Crippen molar-refractivity contribution in [2.75, 3.05) is 7.05 Å². The number of nitrogens with zero attached hydrogens (tertiary/aromatic N) is 1. The van der Waals surface area contributed by atoms with Gasteiger partial charge < -0.3 is 4.90 Å². The SMILES string of the molecule is CN1C(=O)[C@H]2CC[C@]1(C)C2(C)C. The summed E-state index contributed by atoms with van der Waals surface area (Å²) in [6.07, 6.45) is 2.26. The molecular weight excluding hydrogens is 150 g/mol. The van der Waals surface area contributed by atoms with Crippen LogP contribution in [0, 0.1) is 11.3 Å². The molecule has 2 atom stereocenters. The molecule has 12 heavy (non-hydrogen) atoms. The summed E-state index contributed by atoms with van der Waals surface area (Å²) in [4.78, 5) is 13.7. The van der Waals surface area contributed by atoms with E-state index in [0.29, 0.717) is 5.91 Å². The number of hydrogen-bond donors (Lipinski definition) is 0. The molecule has 2 rings (SSSR count). The van der Waals surface area contributed by atoms with Gasteiger partial charge in [-0.05, 0) is 25.2 Å². The Morgan fingerprint density at radius 2 is 2.00 bits per heavy atom. The van der Waals surface area contributed by atoms with Gasteiger partial charge in [0.2, 0.25) is 5.91 Å². The Bertz CT molecular complexity index is 246. The largest absolute Gasteiger partial charge is 0.340 e. The Balaban J connectivity index is 2.50. The van der Waals surface area contributed by atoms with Crippen molar-refractivity contribution in [1.82, 2.24) is 4.90 Å². The van der Waals surface area contributed by atoms with Crippen LogP contribution in [-0.4, -0.2) is 23.4 Å². The quantitative estimate of drug-likeness (QED) is 0.537. The number of carbonyl (C=O) groups excluding carboxylic acids is 1. The van der Waals surface area contributed by atoms with Crippen LogP contribution >= 0.6 is 0 Å². The van der Waals surface area contributed by atoms with Crippen molar-refractivity contribution in [2.24, 2.45) is 11.3 Å². The standard InChI is InChI=1S/C10H17NO/c1-9(2)7-5-6-10(9,3)11(4)8(7)12/h7H,5-6H2,1-4H3/t7-,10-/m1/s1. The molecule has 0 N–H and O–H groups in total. The predicted octanol–water partition coefficient (Wildman–Crippen LogP) is 1.65. The van der Waals surface area contributed by atoms with Crippen LogP contribution in [0.15, 0.2) is 0 Å². The lowest BCUT2D eigenvalue weighted by atomic mass is 9.75. The summed E-state index contributed by atoms with van der Waals surface area (Å²) in [7, 11) is 1.95. The number of carbonyl (C=O) groups is 1. The smallest absolute Gasteiger partial charge is 0.226 e. The molecule has 0 aromatic heterocycles. The van der Waals surface area contributed by atoms with Gasteiger partial charge in [0.15, 0.2) is 0 Å². The third-order valence-corrected chi connectivity index (χ3v) is 4.55. The first-order valence-electron chi connectivity index (χ1n) is 4.69. The van der Waals surface area contributed by atoms with Gasteiger partial charge in [0.25, 0.3) is 0 Å². The highest BCUT2D eigenvalue weighted by Gasteiger charge is 2.63. The van der Waals surface area contributed by atoms with Crippen molar-refractivity contribution < 1.29 is 4.79 Å². The van der Waals surface area contributed by atoms with Gasteiger partial charge in [-0.1, -0.05) is 13.8 Å². The second kappa shape index (κ2) is 1.86. The summed E-state index contributed by atoms with van der Waals surface area (Å²) in [5.41, 5.74) is 0.299. The number of piperidine rings is 1. The minimum absolute atomic E-state index is 0.120. The summed E-state index contributed by atoms with van der Waals surface area (Å²) < 4.78 is 0. The molecule has 0 unspecified atom stereocenters. The summed E-state index contributed by atoms with van der Waals surface area (Å²) in [5, 5.41) is 0. The van der Waals surface area contributed by atoms with Crippen LogP contribution in [0.2, 0.25) is 0 Å². The first kappa shape index (κ1) is 8.09. The maximum Gasteiger partial charge on any atom is 0.226 e. The van der Waals surface area contributed by atoms with Crippen molar-refractivity contribution in [3.05, 3.63) is 0 Å². The van der Waals surface area contributed by atoms with Gasteiger partial charge in [-0.2, -0.15) is 0 Å². The van der Waals surface area contributed by atoms with Crippen LogP contribution in [0.1, 0.15) is 33.6 Å². The maximum atomic E-state index is 11.7. The third kappa shape index (κ3) is 0.572. The highest BCUT2D eigenvalue weighted by atomic mass is 16.2. The van der Waals surface area contributed by atoms with E-state index in [1.807, 2.05) is 11.9 Å². The van der Waals surface area contributed by atoms with Gasteiger partial charge >= 0.3 is 0 Å². The minimum atomic E-state index is 0.120. The summed E-state index contributed by atoms with van der Waals surface area (Å²) >= 11 is 0. The van der Waals surface area contributed by atoms with E-state index in [1.54, 1.807) is 0 Å². The third-order valence-electron chi connectivity index (χ3n) is 4.55. The Kier molecular flexibility index (Phi) is 1.25. The average molecular weight is 167 g/mol. The van der Waals surface area contributed by atoms with E-state index >= 15 is 0 Å². The van der Waals surface area contributed by atoms with Gasteiger partial charge in [-0.3, -0.25) is 4.79 Å². The van der Waals surface area contributed by atoms with E-state index in [1.165, 1.54) is 6.42 Å². The summed E-state index contributed by atoms with van der Waals surface area (Å²) in [6, 6.07) is 0. The number of fused-ring (bicyclic) bond motifs is 2. The zero-order valence-corrected chi connectivity index (χ0v) is 8.35. The molecular formula is C10H17NO. The highest BCUT2D eigenvalue weighted by molar-refractivity contribution is 5.84. The Morgan fingerprint density at radius 3 is 2.25 bits per heavy atom. The van der Waals surface area contributed by atoms with Gasteiger partial charge in [-0.25, -0.2) is 0 Å². The Morgan fingerprint density at radius 1 is 1.42 bits per heavy atom. The van der Waals surface area contributed by atoms with Crippen molar-refractivity contribution in [2.45, 2.75) is 39.2 Å². The average Bonchev–Trinajstić information content (AvgIpc) is 2.26. The van der Waals surface area contributed by atoms with Crippen LogP contribution in [0.4, 0.5) is 0 Å². The molecule has 2 bridgehead atoms. The monoisotopic (exact) mass is 167 g/mol. The zero-order valence-electron chi connectivity index (χ0n) is 8.35. The number of likely N-dealkylation sites (tertiary alicyclic amines) is 1. The molecule has 0 aromatic carbocycles. The zero-order chi connectivity index (χ0) is 9.15. The van der Waals surface area contributed by atoms with Crippen LogP contribution in [0.25, 0.3) is 0 Å². The second-order valence-electron chi connectivity index (χ2n) is 4.98. The van der Waals surface area contributed by atoms with Gasteiger partial charge in [-0.15, -0.1) is 0 Å². The number of amides is 1. The fourth-order valence-electron chi connectivity index (χ4n) is 2.99. The lowest BCUT2D eigenvalue weighted by Crippen LogP contribution is -2.46.